The van der Waals surface area contributed by atoms with Gasteiger partial charge in [-0.05, 0) is 30.5 Å². The van der Waals surface area contributed by atoms with E-state index in [2.05, 4.69) is 57.4 Å². The van der Waals surface area contributed by atoms with Crippen LogP contribution in [0, 0.1) is 0 Å². The van der Waals surface area contributed by atoms with Gasteiger partial charge in [0, 0.05) is 12.0 Å². The van der Waals surface area contributed by atoms with Gasteiger partial charge in [0.1, 0.15) is 25.5 Å². The number of nitrogens with zero attached hydrogens (tertiary/aromatic N) is 1. The van der Waals surface area contributed by atoms with E-state index in [4.69, 9.17) is 9.47 Å². The number of rotatable bonds is 17. The fraction of sp³-hybridized carbons (Fsp3) is 0.552. The summed E-state index contributed by atoms with van der Waals surface area (Å²) >= 11 is 0. The van der Waals surface area contributed by atoms with Crippen LogP contribution in [0.3, 0.4) is 0 Å². The summed E-state index contributed by atoms with van der Waals surface area (Å²) < 4.78 is 11.9. The molecule has 0 aliphatic heterocycles. The Balaban J connectivity index is 1.53. The standard InChI is InChI=1S/C29H44NO3/c1-4-5-6-7-8-10-14-26-18-20-28(21-19-26)32-23-24-33-29(31)17-13-22-30(2,3)25-27-15-11-9-12-16-27/h9,11-12,15-16,18-21H,4-8,10,13-14,17,22-25H2,1-3H3/q+1. The van der Waals surface area contributed by atoms with Crippen molar-refractivity contribution in [1.82, 2.24) is 0 Å². The molecule has 182 valence electrons. The van der Waals surface area contributed by atoms with Gasteiger partial charge in [-0.2, -0.15) is 0 Å². The number of ether oxygens (including phenoxy) is 2. The van der Waals surface area contributed by atoms with E-state index < -0.39 is 0 Å². The molecule has 0 radical (unpaired) electrons. The Labute approximate surface area is 201 Å². The summed E-state index contributed by atoms with van der Waals surface area (Å²) in [7, 11) is 4.40. The fourth-order valence-electron chi connectivity index (χ4n) is 4.06. The molecule has 0 aliphatic rings. The van der Waals surface area contributed by atoms with E-state index in [9.17, 15) is 4.79 Å². The van der Waals surface area contributed by atoms with Gasteiger partial charge in [-0.25, -0.2) is 0 Å². The quantitative estimate of drug-likeness (QED) is 0.154. The molecule has 0 unspecified atom stereocenters. The van der Waals surface area contributed by atoms with E-state index in [1.807, 2.05) is 18.2 Å². The van der Waals surface area contributed by atoms with Crippen LogP contribution in [0.2, 0.25) is 0 Å². The molecule has 0 N–H and O–H groups in total. The zero-order chi connectivity index (χ0) is 23.8. The normalized spacial score (nSPS) is 11.4. The van der Waals surface area contributed by atoms with Crippen LogP contribution in [0.1, 0.15) is 69.4 Å². The van der Waals surface area contributed by atoms with Crippen molar-refractivity contribution >= 4 is 5.97 Å². The summed E-state index contributed by atoms with van der Waals surface area (Å²) in [5.74, 6) is 0.685. The summed E-state index contributed by atoms with van der Waals surface area (Å²) in [6, 6.07) is 18.8. The average Bonchev–Trinajstić information content (AvgIpc) is 2.80. The summed E-state index contributed by atoms with van der Waals surface area (Å²) in [5, 5.41) is 0. The van der Waals surface area contributed by atoms with Gasteiger partial charge >= 0.3 is 5.97 Å². The second-order valence-corrected chi connectivity index (χ2v) is 9.64. The van der Waals surface area contributed by atoms with Crippen molar-refractivity contribution in [2.24, 2.45) is 0 Å². The molecule has 0 atom stereocenters. The van der Waals surface area contributed by atoms with Crippen LogP contribution in [-0.4, -0.2) is 44.3 Å². The predicted molar refractivity (Wildman–Crippen MR) is 136 cm³/mol. The highest BCUT2D eigenvalue weighted by Crippen LogP contribution is 2.15. The number of aryl methyl sites for hydroxylation is 1. The van der Waals surface area contributed by atoms with Crippen LogP contribution in [-0.2, 0) is 22.5 Å². The van der Waals surface area contributed by atoms with E-state index in [1.54, 1.807) is 0 Å². The largest absolute Gasteiger partial charge is 0.490 e. The molecule has 2 aromatic rings. The summed E-state index contributed by atoms with van der Waals surface area (Å²) in [4.78, 5) is 12.0. The van der Waals surface area contributed by atoms with Gasteiger partial charge in [-0.1, -0.05) is 81.5 Å². The maximum Gasteiger partial charge on any atom is 0.306 e. The molecule has 0 spiro atoms. The number of quaternary nitrogens is 1. The van der Waals surface area contributed by atoms with E-state index >= 15 is 0 Å². The van der Waals surface area contributed by atoms with E-state index in [0.717, 1.165) is 36.2 Å². The molecule has 0 aliphatic carbocycles. The minimum Gasteiger partial charge on any atom is -0.490 e. The molecule has 4 heteroatoms. The fourth-order valence-corrected chi connectivity index (χ4v) is 4.06. The Hall–Kier alpha value is -2.33. The van der Waals surface area contributed by atoms with E-state index in [-0.39, 0.29) is 5.97 Å². The van der Waals surface area contributed by atoms with E-state index in [1.165, 1.54) is 49.7 Å². The molecule has 0 saturated carbocycles. The second kappa shape index (κ2) is 15.5. The van der Waals surface area contributed by atoms with Crippen LogP contribution >= 0.6 is 0 Å². The predicted octanol–water partition coefficient (Wildman–Crippen LogP) is 6.57. The third-order valence-corrected chi connectivity index (χ3v) is 5.96. The van der Waals surface area contributed by atoms with Crippen molar-refractivity contribution in [3.63, 3.8) is 0 Å². The van der Waals surface area contributed by atoms with Gasteiger partial charge in [0.05, 0.1) is 27.1 Å². The van der Waals surface area contributed by atoms with Gasteiger partial charge < -0.3 is 14.0 Å². The lowest BCUT2D eigenvalue weighted by Crippen LogP contribution is -2.39. The Morgan fingerprint density at radius 3 is 2.21 bits per heavy atom. The lowest BCUT2D eigenvalue weighted by molar-refractivity contribution is -0.903. The minimum atomic E-state index is -0.146. The van der Waals surface area contributed by atoms with Crippen molar-refractivity contribution < 1.29 is 18.8 Å². The average molecular weight is 455 g/mol. The monoisotopic (exact) mass is 454 g/mol. The van der Waals surface area contributed by atoms with Crippen LogP contribution in [0.15, 0.2) is 54.6 Å². The summed E-state index contributed by atoms with van der Waals surface area (Å²) in [6.07, 6.45) is 10.3. The van der Waals surface area contributed by atoms with Gasteiger partial charge in [-0.3, -0.25) is 4.79 Å². The molecule has 0 saturated heterocycles. The molecule has 2 rings (SSSR count). The molecule has 0 heterocycles. The lowest BCUT2D eigenvalue weighted by Gasteiger charge is -2.29. The first-order valence-electron chi connectivity index (χ1n) is 12.7. The molecule has 2 aromatic carbocycles. The first-order chi connectivity index (χ1) is 16.0. The third kappa shape index (κ3) is 12.5. The Morgan fingerprint density at radius 1 is 0.788 bits per heavy atom. The molecular formula is C29H44NO3+. The lowest BCUT2D eigenvalue weighted by atomic mass is 10.0. The van der Waals surface area contributed by atoms with Crippen molar-refractivity contribution in [2.45, 2.75) is 71.3 Å². The SMILES string of the molecule is CCCCCCCCc1ccc(OCCOC(=O)CCC[N+](C)(C)Cc2ccccc2)cc1. The highest BCUT2D eigenvalue weighted by Gasteiger charge is 2.16. The molecule has 33 heavy (non-hydrogen) atoms. The number of hydrogen-bond acceptors (Lipinski definition) is 3. The maximum atomic E-state index is 12.0. The zero-order valence-electron chi connectivity index (χ0n) is 21.1. The zero-order valence-corrected chi connectivity index (χ0v) is 21.1. The van der Waals surface area contributed by atoms with Gasteiger partial charge in [0.25, 0.3) is 0 Å². The number of esters is 1. The molecule has 0 bridgehead atoms. The van der Waals surface area contributed by atoms with Gasteiger partial charge in [0.15, 0.2) is 0 Å². The number of carbonyl (C=O) groups is 1. The molecule has 4 nitrogen and oxygen atoms in total. The van der Waals surface area contributed by atoms with Crippen molar-refractivity contribution in [3.8, 4) is 5.75 Å². The summed E-state index contributed by atoms with van der Waals surface area (Å²) in [5.41, 5.74) is 2.68. The van der Waals surface area contributed by atoms with Gasteiger partial charge in [-0.15, -0.1) is 0 Å². The first-order valence-corrected chi connectivity index (χ1v) is 12.7. The molecule has 0 fully saturated rings. The number of hydrogen-bond donors (Lipinski definition) is 0. The minimum absolute atomic E-state index is 0.146. The van der Waals surface area contributed by atoms with Gasteiger partial charge in [0.2, 0.25) is 0 Å². The Kier molecular flexibility index (Phi) is 12.6. The third-order valence-electron chi connectivity index (χ3n) is 5.96. The highest BCUT2D eigenvalue weighted by atomic mass is 16.6. The van der Waals surface area contributed by atoms with Crippen LogP contribution in [0.25, 0.3) is 0 Å². The Morgan fingerprint density at radius 2 is 1.48 bits per heavy atom. The van der Waals surface area contributed by atoms with Crippen molar-refractivity contribution in [3.05, 3.63) is 65.7 Å². The number of benzene rings is 2. The molecular weight excluding hydrogens is 410 g/mol. The van der Waals surface area contributed by atoms with Crippen LogP contribution < -0.4 is 4.74 Å². The second-order valence-electron chi connectivity index (χ2n) is 9.64. The van der Waals surface area contributed by atoms with Crippen LogP contribution in [0.5, 0.6) is 5.75 Å². The molecule has 0 amide bonds. The smallest absolute Gasteiger partial charge is 0.306 e. The van der Waals surface area contributed by atoms with Crippen molar-refractivity contribution in [1.29, 1.82) is 0 Å². The Bertz CT molecular complexity index is 771. The molecule has 0 aromatic heterocycles. The number of unbranched alkanes of at least 4 members (excludes halogenated alkanes) is 5. The first kappa shape index (κ1) is 26.9. The number of carbonyl (C=O) groups excluding carboxylic acids is 1. The highest BCUT2D eigenvalue weighted by molar-refractivity contribution is 5.69. The van der Waals surface area contributed by atoms with Crippen molar-refractivity contribution in [2.75, 3.05) is 33.9 Å². The van der Waals surface area contributed by atoms with Crippen LogP contribution in [0.4, 0.5) is 0 Å². The topological polar surface area (TPSA) is 35.5 Å². The maximum absolute atomic E-state index is 12.0. The van der Waals surface area contributed by atoms with E-state index in [0.29, 0.717) is 19.6 Å². The summed E-state index contributed by atoms with van der Waals surface area (Å²) in [6.45, 7) is 4.83.